The van der Waals surface area contributed by atoms with E-state index >= 15 is 0 Å². The van der Waals surface area contributed by atoms with Gasteiger partial charge in [-0.15, -0.1) is 0 Å². The third-order valence-corrected chi connectivity index (χ3v) is 1.21. The zero-order chi connectivity index (χ0) is 7.11. The molecule has 1 fully saturated rings. The highest BCUT2D eigenvalue weighted by Crippen LogP contribution is 1.80. The molecule has 0 saturated carbocycles. The van der Waals surface area contributed by atoms with Crippen LogP contribution in [0, 0.1) is 0 Å². The minimum absolute atomic E-state index is 0.797. The standard InChI is InChI=1S/C4H8N2S.C2H6/c7-4-5-2-1-3-6-4;1-2/h1-3H2,(H2,5,6,7);1-2H3. The maximum atomic E-state index is 4.78. The summed E-state index contributed by atoms with van der Waals surface area (Å²) in [6, 6.07) is 0. The molecule has 3 heteroatoms. The highest BCUT2D eigenvalue weighted by Gasteiger charge is 1.98. The number of thiocarbonyl (C=S) groups is 1. The van der Waals surface area contributed by atoms with Crippen molar-refractivity contribution in [3.8, 4) is 0 Å². The summed E-state index contributed by atoms with van der Waals surface area (Å²) < 4.78 is 0. The van der Waals surface area contributed by atoms with E-state index in [9.17, 15) is 0 Å². The zero-order valence-electron chi connectivity index (χ0n) is 6.03. The van der Waals surface area contributed by atoms with Crippen LogP contribution >= 0.6 is 12.2 Å². The van der Waals surface area contributed by atoms with Crippen molar-refractivity contribution in [3.63, 3.8) is 0 Å². The van der Waals surface area contributed by atoms with Gasteiger partial charge in [-0.05, 0) is 18.6 Å². The Morgan fingerprint density at radius 1 is 1.22 bits per heavy atom. The van der Waals surface area contributed by atoms with E-state index in [-0.39, 0.29) is 0 Å². The molecule has 1 aliphatic heterocycles. The molecule has 0 aromatic carbocycles. The molecule has 2 nitrogen and oxygen atoms in total. The van der Waals surface area contributed by atoms with Crippen LogP contribution in [0.4, 0.5) is 0 Å². The van der Waals surface area contributed by atoms with E-state index in [4.69, 9.17) is 12.2 Å². The largest absolute Gasteiger partial charge is 0.363 e. The van der Waals surface area contributed by atoms with E-state index in [1.54, 1.807) is 0 Å². The lowest BCUT2D eigenvalue weighted by Crippen LogP contribution is -2.42. The van der Waals surface area contributed by atoms with Gasteiger partial charge in [-0.3, -0.25) is 0 Å². The van der Waals surface area contributed by atoms with Crippen molar-refractivity contribution in [2.24, 2.45) is 0 Å². The minimum atomic E-state index is 0.797. The molecule has 0 bridgehead atoms. The molecule has 1 rings (SSSR count). The monoisotopic (exact) mass is 146 g/mol. The lowest BCUT2D eigenvalue weighted by atomic mass is 10.4. The number of nitrogens with one attached hydrogen (secondary N) is 2. The molecule has 2 N–H and O–H groups in total. The predicted molar refractivity (Wildman–Crippen MR) is 44.6 cm³/mol. The highest BCUT2D eigenvalue weighted by atomic mass is 32.1. The first-order valence-corrected chi connectivity index (χ1v) is 3.82. The van der Waals surface area contributed by atoms with Gasteiger partial charge in [-0.2, -0.15) is 0 Å². The van der Waals surface area contributed by atoms with Gasteiger partial charge in [-0.25, -0.2) is 0 Å². The Bertz CT molecular complexity index is 75.1. The third-order valence-electron chi connectivity index (χ3n) is 0.925. The van der Waals surface area contributed by atoms with Crippen LogP contribution in [-0.2, 0) is 0 Å². The van der Waals surface area contributed by atoms with Crippen molar-refractivity contribution < 1.29 is 0 Å². The Balaban J connectivity index is 0.000000291. The molecule has 0 atom stereocenters. The van der Waals surface area contributed by atoms with Gasteiger partial charge >= 0.3 is 0 Å². The maximum absolute atomic E-state index is 4.78. The summed E-state index contributed by atoms with van der Waals surface area (Å²) in [5, 5.41) is 6.80. The SMILES string of the molecule is CC.S=C1NCCCN1. The molecule has 0 spiro atoms. The van der Waals surface area contributed by atoms with Crippen molar-refractivity contribution in [2.45, 2.75) is 20.3 Å². The molecule has 1 heterocycles. The van der Waals surface area contributed by atoms with Crippen LogP contribution < -0.4 is 10.6 Å². The summed E-state index contributed by atoms with van der Waals surface area (Å²) in [5.41, 5.74) is 0. The van der Waals surface area contributed by atoms with Gasteiger partial charge in [0, 0.05) is 13.1 Å². The van der Waals surface area contributed by atoms with Crippen molar-refractivity contribution in [3.05, 3.63) is 0 Å². The summed E-state index contributed by atoms with van der Waals surface area (Å²) in [7, 11) is 0. The van der Waals surface area contributed by atoms with E-state index in [0.29, 0.717) is 0 Å². The summed E-state index contributed by atoms with van der Waals surface area (Å²) in [6.07, 6.45) is 1.18. The van der Waals surface area contributed by atoms with E-state index in [1.807, 2.05) is 13.8 Å². The Morgan fingerprint density at radius 2 is 1.67 bits per heavy atom. The Labute approximate surface area is 62.0 Å². The van der Waals surface area contributed by atoms with Crippen LogP contribution in [0.25, 0.3) is 0 Å². The first-order chi connectivity index (χ1) is 4.39. The summed E-state index contributed by atoms with van der Waals surface area (Å²) >= 11 is 4.78. The fourth-order valence-electron chi connectivity index (χ4n) is 0.555. The summed E-state index contributed by atoms with van der Waals surface area (Å²) in [5.74, 6) is 0. The lowest BCUT2D eigenvalue weighted by molar-refractivity contribution is 0.680. The van der Waals surface area contributed by atoms with Crippen LogP contribution in [0.3, 0.4) is 0 Å². The van der Waals surface area contributed by atoms with E-state index in [2.05, 4.69) is 10.6 Å². The third kappa shape index (κ3) is 4.21. The molecule has 0 aromatic heterocycles. The van der Waals surface area contributed by atoms with E-state index in [1.165, 1.54) is 6.42 Å². The number of hydrogen-bond acceptors (Lipinski definition) is 1. The van der Waals surface area contributed by atoms with Gasteiger partial charge in [-0.1, -0.05) is 13.8 Å². The smallest absolute Gasteiger partial charge is 0.166 e. The van der Waals surface area contributed by atoms with Crippen molar-refractivity contribution >= 4 is 17.3 Å². The molecule has 0 unspecified atom stereocenters. The Morgan fingerprint density at radius 3 is 1.89 bits per heavy atom. The molecular formula is C6H14N2S. The highest BCUT2D eigenvalue weighted by molar-refractivity contribution is 7.80. The van der Waals surface area contributed by atoms with Crippen molar-refractivity contribution in [1.29, 1.82) is 0 Å². The predicted octanol–water partition coefficient (Wildman–Crippen LogP) is 0.880. The van der Waals surface area contributed by atoms with Crippen LogP contribution in [0.5, 0.6) is 0 Å². The fourth-order valence-corrected chi connectivity index (χ4v) is 0.759. The molecule has 0 radical (unpaired) electrons. The average molecular weight is 146 g/mol. The zero-order valence-corrected chi connectivity index (χ0v) is 6.85. The van der Waals surface area contributed by atoms with Crippen LogP contribution in [0.2, 0.25) is 0 Å². The van der Waals surface area contributed by atoms with Gasteiger partial charge in [0.2, 0.25) is 0 Å². The molecule has 1 aliphatic rings. The minimum Gasteiger partial charge on any atom is -0.363 e. The normalized spacial score (nSPS) is 16.4. The van der Waals surface area contributed by atoms with Gasteiger partial charge in [0.25, 0.3) is 0 Å². The molecular weight excluding hydrogens is 132 g/mol. The quantitative estimate of drug-likeness (QED) is 0.496. The van der Waals surface area contributed by atoms with Crippen LogP contribution in [0.1, 0.15) is 20.3 Å². The molecule has 54 valence electrons. The number of hydrogen-bond donors (Lipinski definition) is 2. The van der Waals surface area contributed by atoms with Crippen LogP contribution in [-0.4, -0.2) is 18.2 Å². The fraction of sp³-hybridized carbons (Fsp3) is 0.833. The Kier molecular flexibility index (Phi) is 5.62. The average Bonchev–Trinajstić information content (AvgIpc) is 1.94. The van der Waals surface area contributed by atoms with Gasteiger partial charge < -0.3 is 10.6 Å². The summed E-state index contributed by atoms with van der Waals surface area (Å²) in [6.45, 7) is 6.07. The lowest BCUT2D eigenvalue weighted by Gasteiger charge is -2.14. The second kappa shape index (κ2) is 5.82. The van der Waals surface area contributed by atoms with Gasteiger partial charge in [0.05, 0.1) is 0 Å². The van der Waals surface area contributed by atoms with E-state index < -0.39 is 0 Å². The second-order valence-electron chi connectivity index (χ2n) is 1.54. The van der Waals surface area contributed by atoms with Crippen molar-refractivity contribution in [1.82, 2.24) is 10.6 Å². The first-order valence-electron chi connectivity index (χ1n) is 3.41. The second-order valence-corrected chi connectivity index (χ2v) is 1.94. The van der Waals surface area contributed by atoms with E-state index in [0.717, 1.165) is 18.2 Å². The topological polar surface area (TPSA) is 24.1 Å². The van der Waals surface area contributed by atoms with Gasteiger partial charge in [0.15, 0.2) is 5.11 Å². The molecule has 0 amide bonds. The molecule has 0 aliphatic carbocycles. The van der Waals surface area contributed by atoms with Crippen LogP contribution in [0.15, 0.2) is 0 Å². The van der Waals surface area contributed by atoms with Crippen molar-refractivity contribution in [2.75, 3.05) is 13.1 Å². The number of rotatable bonds is 0. The Hall–Kier alpha value is -0.310. The maximum Gasteiger partial charge on any atom is 0.166 e. The first kappa shape index (κ1) is 8.69. The molecule has 9 heavy (non-hydrogen) atoms. The summed E-state index contributed by atoms with van der Waals surface area (Å²) in [4.78, 5) is 0. The van der Waals surface area contributed by atoms with Gasteiger partial charge in [0.1, 0.15) is 0 Å². The molecule has 0 aromatic rings. The molecule has 1 saturated heterocycles.